The van der Waals surface area contributed by atoms with Crippen molar-refractivity contribution in [1.29, 1.82) is 0 Å². The molecule has 258 valence electrons. The van der Waals surface area contributed by atoms with Crippen molar-refractivity contribution >= 4 is 71.6 Å². The minimum Gasteiger partial charge on any atom is -0.456 e. The van der Waals surface area contributed by atoms with E-state index in [4.69, 9.17) is 4.42 Å². The van der Waals surface area contributed by atoms with Crippen LogP contribution in [0, 0.1) is 0 Å². The van der Waals surface area contributed by atoms with Gasteiger partial charge in [-0.3, -0.25) is 0 Å². The molecule has 2 heterocycles. The summed E-state index contributed by atoms with van der Waals surface area (Å²) in [5, 5.41) is 7.28. The third kappa shape index (κ3) is 5.13. The normalized spacial score (nSPS) is 11.6. The van der Waals surface area contributed by atoms with E-state index in [2.05, 4.69) is 204 Å². The molecule has 0 unspecified atom stereocenters. The summed E-state index contributed by atoms with van der Waals surface area (Å²) in [7, 11) is 0. The maximum atomic E-state index is 6.24. The summed E-state index contributed by atoms with van der Waals surface area (Å²) in [5.74, 6) is 0. The van der Waals surface area contributed by atoms with Crippen molar-refractivity contribution in [2.45, 2.75) is 0 Å². The number of benzene rings is 9. The first kappa shape index (κ1) is 31.2. The van der Waals surface area contributed by atoms with Gasteiger partial charge in [0.1, 0.15) is 11.2 Å². The summed E-state index contributed by atoms with van der Waals surface area (Å²) in [5.41, 5.74) is 13.2. The zero-order valence-corrected chi connectivity index (χ0v) is 29.9. The molecule has 11 rings (SSSR count). The molecule has 3 heteroatoms. The number of hydrogen-bond donors (Lipinski definition) is 0. The molecule has 55 heavy (non-hydrogen) atoms. The highest BCUT2D eigenvalue weighted by Gasteiger charge is 2.19. The van der Waals surface area contributed by atoms with Crippen LogP contribution in [0.2, 0.25) is 0 Å². The van der Waals surface area contributed by atoms with Crippen LogP contribution in [-0.4, -0.2) is 4.57 Å². The Labute approximate surface area is 318 Å². The van der Waals surface area contributed by atoms with Crippen molar-refractivity contribution in [3.05, 3.63) is 206 Å². The molecule has 0 aliphatic carbocycles. The second-order valence-electron chi connectivity index (χ2n) is 14.1. The fourth-order valence-electron chi connectivity index (χ4n) is 8.46. The first-order valence-electron chi connectivity index (χ1n) is 18.8. The summed E-state index contributed by atoms with van der Waals surface area (Å²) < 4.78 is 8.67. The third-order valence-electron chi connectivity index (χ3n) is 11.0. The standard InChI is InChI=1S/C52H34N2O/c1-2-13-35(14-3-1)38-16-12-17-40(33-38)53(41-30-32-51-46(34-41)44-20-8-11-24-50(44)55-51)39-28-25-37(26-29-39)42-18-6-9-22-47(42)54-48-23-10-7-21-45(48)52-43-19-5-4-15-36(43)27-31-49(52)54/h1-34H. The summed E-state index contributed by atoms with van der Waals surface area (Å²) >= 11 is 0. The number of aromatic nitrogens is 1. The van der Waals surface area contributed by atoms with E-state index in [0.717, 1.165) is 50.3 Å². The van der Waals surface area contributed by atoms with E-state index in [1.54, 1.807) is 0 Å². The summed E-state index contributed by atoms with van der Waals surface area (Å²) in [6.45, 7) is 0. The Morgan fingerprint density at radius 1 is 0.364 bits per heavy atom. The van der Waals surface area contributed by atoms with E-state index in [9.17, 15) is 0 Å². The van der Waals surface area contributed by atoms with Gasteiger partial charge in [-0.25, -0.2) is 0 Å². The number of hydrogen-bond acceptors (Lipinski definition) is 2. The number of nitrogens with zero attached hydrogens (tertiary/aromatic N) is 2. The number of para-hydroxylation sites is 3. The SMILES string of the molecule is c1ccc(-c2cccc(N(c3ccc(-c4ccccc4-n4c5ccccc5c5c6ccccc6ccc54)cc3)c3ccc4oc5ccccc5c4c3)c2)cc1. The molecule has 0 saturated carbocycles. The Morgan fingerprint density at radius 2 is 1.04 bits per heavy atom. The van der Waals surface area contributed by atoms with Gasteiger partial charge in [-0.2, -0.15) is 0 Å². The molecule has 11 aromatic rings. The zero-order chi connectivity index (χ0) is 36.3. The molecular formula is C52H34N2O. The second kappa shape index (κ2) is 12.6. The molecule has 0 saturated heterocycles. The number of furan rings is 1. The topological polar surface area (TPSA) is 21.3 Å². The minimum absolute atomic E-state index is 0.882. The van der Waals surface area contributed by atoms with Crippen LogP contribution < -0.4 is 4.90 Å². The van der Waals surface area contributed by atoms with Gasteiger partial charge in [0.2, 0.25) is 0 Å². The summed E-state index contributed by atoms with van der Waals surface area (Å²) in [4.78, 5) is 2.35. The van der Waals surface area contributed by atoms with Gasteiger partial charge in [-0.15, -0.1) is 0 Å². The van der Waals surface area contributed by atoms with Crippen LogP contribution in [0.1, 0.15) is 0 Å². The van der Waals surface area contributed by atoms with E-state index >= 15 is 0 Å². The summed E-state index contributed by atoms with van der Waals surface area (Å²) in [6, 6.07) is 74.0. The lowest BCUT2D eigenvalue weighted by molar-refractivity contribution is 0.669. The van der Waals surface area contributed by atoms with Gasteiger partial charge in [0.25, 0.3) is 0 Å². The average molecular weight is 703 g/mol. The number of rotatable bonds is 6. The Bertz CT molecular complexity index is 3210. The Hall–Kier alpha value is -7.36. The molecule has 0 aliphatic heterocycles. The van der Waals surface area contributed by atoms with Gasteiger partial charge in [0.05, 0.1) is 16.7 Å². The lowest BCUT2D eigenvalue weighted by atomic mass is 10.0. The van der Waals surface area contributed by atoms with Crippen molar-refractivity contribution in [1.82, 2.24) is 4.57 Å². The van der Waals surface area contributed by atoms with E-state index in [-0.39, 0.29) is 0 Å². The fourth-order valence-corrected chi connectivity index (χ4v) is 8.46. The van der Waals surface area contributed by atoms with Gasteiger partial charge in [0, 0.05) is 44.2 Å². The largest absolute Gasteiger partial charge is 0.456 e. The molecule has 0 N–H and O–H groups in total. The maximum absolute atomic E-state index is 6.24. The van der Waals surface area contributed by atoms with E-state index < -0.39 is 0 Å². The molecule has 0 atom stereocenters. The quantitative estimate of drug-likeness (QED) is 0.172. The van der Waals surface area contributed by atoms with Gasteiger partial charge < -0.3 is 13.9 Å². The molecule has 0 radical (unpaired) electrons. The second-order valence-corrected chi connectivity index (χ2v) is 14.1. The van der Waals surface area contributed by atoms with Gasteiger partial charge in [-0.1, -0.05) is 140 Å². The predicted molar refractivity (Wildman–Crippen MR) is 231 cm³/mol. The molecular weight excluding hydrogens is 669 g/mol. The zero-order valence-electron chi connectivity index (χ0n) is 29.9. The van der Waals surface area contributed by atoms with Crippen LogP contribution >= 0.6 is 0 Å². The van der Waals surface area contributed by atoms with Gasteiger partial charge in [0.15, 0.2) is 0 Å². The molecule has 0 amide bonds. The van der Waals surface area contributed by atoms with Crippen molar-refractivity contribution in [3.63, 3.8) is 0 Å². The third-order valence-corrected chi connectivity index (χ3v) is 11.0. The van der Waals surface area contributed by atoms with Crippen molar-refractivity contribution < 1.29 is 4.42 Å². The van der Waals surface area contributed by atoms with Gasteiger partial charge >= 0.3 is 0 Å². The van der Waals surface area contributed by atoms with E-state index in [1.807, 2.05) is 12.1 Å². The van der Waals surface area contributed by atoms with Crippen LogP contribution in [0.4, 0.5) is 17.1 Å². The monoisotopic (exact) mass is 702 g/mol. The molecule has 0 fully saturated rings. The van der Waals surface area contributed by atoms with Gasteiger partial charge in [-0.05, 0) is 94.2 Å². The summed E-state index contributed by atoms with van der Waals surface area (Å²) in [6.07, 6.45) is 0. The Kier molecular flexibility index (Phi) is 7.17. The molecule has 0 aliphatic rings. The van der Waals surface area contributed by atoms with Crippen LogP contribution in [0.15, 0.2) is 211 Å². The van der Waals surface area contributed by atoms with Crippen molar-refractivity contribution in [3.8, 4) is 27.9 Å². The average Bonchev–Trinajstić information content (AvgIpc) is 3.80. The Balaban J connectivity index is 1.07. The minimum atomic E-state index is 0.882. The van der Waals surface area contributed by atoms with E-state index in [0.29, 0.717) is 0 Å². The number of anilines is 3. The molecule has 0 spiro atoms. The molecule has 2 aromatic heterocycles. The van der Waals surface area contributed by atoms with Crippen LogP contribution in [0.3, 0.4) is 0 Å². The number of fused-ring (bicyclic) bond motifs is 8. The van der Waals surface area contributed by atoms with E-state index in [1.165, 1.54) is 49.3 Å². The fraction of sp³-hybridized carbons (Fsp3) is 0. The van der Waals surface area contributed by atoms with Crippen LogP contribution in [-0.2, 0) is 0 Å². The van der Waals surface area contributed by atoms with Crippen LogP contribution in [0.25, 0.3) is 82.5 Å². The predicted octanol–water partition coefficient (Wildman–Crippen LogP) is 14.6. The van der Waals surface area contributed by atoms with Crippen molar-refractivity contribution in [2.75, 3.05) is 4.90 Å². The molecule has 9 aromatic carbocycles. The highest BCUT2D eigenvalue weighted by atomic mass is 16.3. The highest BCUT2D eigenvalue weighted by Crippen LogP contribution is 2.42. The highest BCUT2D eigenvalue weighted by molar-refractivity contribution is 6.21. The first-order chi connectivity index (χ1) is 27.3. The maximum Gasteiger partial charge on any atom is 0.135 e. The van der Waals surface area contributed by atoms with Crippen molar-refractivity contribution in [2.24, 2.45) is 0 Å². The Morgan fingerprint density at radius 3 is 1.93 bits per heavy atom. The molecule has 0 bridgehead atoms. The smallest absolute Gasteiger partial charge is 0.135 e. The lowest BCUT2D eigenvalue weighted by Crippen LogP contribution is -2.10. The lowest BCUT2D eigenvalue weighted by Gasteiger charge is -2.26. The molecule has 3 nitrogen and oxygen atoms in total. The van der Waals surface area contributed by atoms with Crippen LogP contribution in [0.5, 0.6) is 0 Å². The first-order valence-corrected chi connectivity index (χ1v) is 18.8.